The molecule has 2 unspecified atom stereocenters. The molecule has 2 atom stereocenters. The summed E-state index contributed by atoms with van der Waals surface area (Å²) in [5.74, 6) is -2.36. The number of rotatable bonds is 6. The molecule has 2 aromatic carbocycles. The van der Waals surface area contributed by atoms with E-state index in [2.05, 4.69) is 29.0 Å². The van der Waals surface area contributed by atoms with Crippen LogP contribution in [0.15, 0.2) is 24.3 Å². The zero-order valence-corrected chi connectivity index (χ0v) is 38.5. The predicted octanol–water partition coefficient (Wildman–Crippen LogP) is 8.31. The first-order valence-electron chi connectivity index (χ1n) is 21.6. The average molecular weight is 893 g/mol. The van der Waals surface area contributed by atoms with E-state index in [0.717, 1.165) is 89.9 Å². The van der Waals surface area contributed by atoms with Crippen LogP contribution in [0.25, 0.3) is 0 Å². The first-order valence-corrected chi connectivity index (χ1v) is 21.6. The van der Waals surface area contributed by atoms with Crippen molar-refractivity contribution >= 4 is 29.2 Å². The number of hydrogen-bond donors (Lipinski definition) is 2. The van der Waals surface area contributed by atoms with Crippen LogP contribution in [-0.4, -0.2) is 128 Å². The third-order valence-corrected chi connectivity index (χ3v) is 12.0. The molecule has 4 fully saturated rings. The summed E-state index contributed by atoms with van der Waals surface area (Å²) in [7, 11) is 0. The van der Waals surface area contributed by atoms with E-state index in [1.807, 2.05) is 46.4 Å². The number of nitro benzene ring substituents is 2. The fraction of sp³-hybridized carbons (Fsp3) is 0.682. The fourth-order valence-electron chi connectivity index (χ4n) is 8.31. The summed E-state index contributed by atoms with van der Waals surface area (Å²) in [5.41, 5.74) is 4.74. The van der Waals surface area contributed by atoms with Crippen molar-refractivity contribution in [1.29, 1.82) is 0 Å². The van der Waals surface area contributed by atoms with Crippen LogP contribution in [0.1, 0.15) is 105 Å². The number of nitrogens with one attached hydrogen (secondary N) is 1. The van der Waals surface area contributed by atoms with Crippen molar-refractivity contribution in [2.24, 2.45) is 5.73 Å². The van der Waals surface area contributed by atoms with Gasteiger partial charge in [-0.25, -0.2) is 18.4 Å². The number of aryl methyl sites for hydroxylation is 2. The molecule has 63 heavy (non-hydrogen) atoms. The Morgan fingerprint density at radius 2 is 1.08 bits per heavy atom. The maximum absolute atomic E-state index is 13.8. The molecule has 0 bridgehead atoms. The van der Waals surface area contributed by atoms with Gasteiger partial charge in [0.1, 0.15) is 28.5 Å². The molecule has 352 valence electrons. The summed E-state index contributed by atoms with van der Waals surface area (Å²) >= 11 is 0. The number of anilines is 1. The molecule has 4 heterocycles. The van der Waals surface area contributed by atoms with Crippen LogP contribution < -0.4 is 11.1 Å². The Balaban J connectivity index is 0.000000232. The van der Waals surface area contributed by atoms with E-state index in [1.54, 1.807) is 11.8 Å². The number of hydrogen-bond acceptors (Lipinski definition) is 12. The average Bonchev–Trinajstić information content (AvgIpc) is 3.78. The van der Waals surface area contributed by atoms with E-state index in [0.29, 0.717) is 36.4 Å². The minimum absolute atomic E-state index is 0.0538. The molecule has 4 saturated heterocycles. The summed E-state index contributed by atoms with van der Waals surface area (Å²) in [4.78, 5) is 53.0. The number of halogens is 3. The van der Waals surface area contributed by atoms with E-state index in [1.165, 1.54) is 13.0 Å². The standard InChI is InChI=1S/C22H33FN4O4.C15H29N3O2.C7H5F2NO2/c1-15-12-18(19(27(29)30)13-17(15)23)24-16-6-9-26(10-7-16)22(5)8-11-25(14-22)20(28)31-21(2,3)4;1-14(2,3)20-13(19)17-10-7-15(4,11-17)18-8-5-12(16)6-9-18;1-4-2-6(9)7(10(11)12)3-5(4)8/h12-13,16,24H,6-11,14H2,1-5H3;12H,5-11,16H2,1-4H3;2-3H,1H3. The van der Waals surface area contributed by atoms with Crippen LogP contribution in [0.3, 0.4) is 0 Å². The number of ether oxygens (including phenoxy) is 2. The molecular formula is C44H67F3N8O8. The lowest BCUT2D eigenvalue weighted by Crippen LogP contribution is -2.53. The molecular weight excluding hydrogens is 826 g/mol. The number of benzene rings is 2. The lowest BCUT2D eigenvalue weighted by Gasteiger charge is -2.43. The van der Waals surface area contributed by atoms with E-state index < -0.39 is 44.2 Å². The molecule has 4 aliphatic heterocycles. The van der Waals surface area contributed by atoms with Gasteiger partial charge in [0, 0.05) is 75.5 Å². The molecule has 6 rings (SSSR count). The topological polar surface area (TPSA) is 190 Å². The monoisotopic (exact) mass is 893 g/mol. The minimum Gasteiger partial charge on any atom is -0.444 e. The zero-order chi connectivity index (χ0) is 47.2. The first kappa shape index (κ1) is 50.9. The van der Waals surface area contributed by atoms with Crippen LogP contribution in [0.4, 0.5) is 39.8 Å². The second-order valence-corrected chi connectivity index (χ2v) is 19.7. The van der Waals surface area contributed by atoms with Gasteiger partial charge in [-0.2, -0.15) is 4.39 Å². The van der Waals surface area contributed by atoms with Crippen LogP contribution >= 0.6 is 0 Å². The SMILES string of the molecule is CC(C)(C)OC(=O)N1CCC(C)(N2CCC(N)CC2)C1.Cc1cc(F)c([N+](=O)[O-])cc1F.Cc1cc(NC2CCN(C3(C)CCN(C(=O)OC(C)(C)C)C3)CC2)c([N+](=O)[O-])cc1F. The van der Waals surface area contributed by atoms with Gasteiger partial charge in [0.2, 0.25) is 5.82 Å². The predicted molar refractivity (Wildman–Crippen MR) is 234 cm³/mol. The minimum atomic E-state index is -1.01. The normalized spacial score (nSPS) is 22.7. The van der Waals surface area contributed by atoms with Gasteiger partial charge in [-0.1, -0.05) is 0 Å². The third-order valence-electron chi connectivity index (χ3n) is 12.0. The van der Waals surface area contributed by atoms with Gasteiger partial charge in [0.05, 0.1) is 22.0 Å². The molecule has 0 spiro atoms. The molecule has 0 saturated carbocycles. The van der Waals surface area contributed by atoms with Crippen molar-refractivity contribution in [1.82, 2.24) is 19.6 Å². The van der Waals surface area contributed by atoms with Crippen LogP contribution in [-0.2, 0) is 9.47 Å². The summed E-state index contributed by atoms with van der Waals surface area (Å²) < 4.78 is 50.1. The Hall–Kier alpha value is -4.75. The van der Waals surface area contributed by atoms with Crippen molar-refractivity contribution in [3.63, 3.8) is 0 Å². The smallest absolute Gasteiger partial charge is 0.410 e. The summed E-state index contributed by atoms with van der Waals surface area (Å²) in [6, 6.07) is 4.29. The first-order chi connectivity index (χ1) is 29.1. The zero-order valence-electron chi connectivity index (χ0n) is 38.5. The van der Waals surface area contributed by atoms with Crippen molar-refractivity contribution in [3.8, 4) is 0 Å². The van der Waals surface area contributed by atoms with E-state index in [9.17, 15) is 43.0 Å². The van der Waals surface area contributed by atoms with Gasteiger partial charge in [-0.3, -0.25) is 30.0 Å². The van der Waals surface area contributed by atoms with Crippen LogP contribution in [0.5, 0.6) is 0 Å². The molecule has 0 aromatic heterocycles. The maximum Gasteiger partial charge on any atom is 0.410 e. The highest BCUT2D eigenvalue weighted by Crippen LogP contribution is 2.35. The van der Waals surface area contributed by atoms with Gasteiger partial charge < -0.3 is 30.3 Å². The number of amides is 2. The molecule has 2 aromatic rings. The van der Waals surface area contributed by atoms with Crippen molar-refractivity contribution in [2.45, 2.75) is 142 Å². The largest absolute Gasteiger partial charge is 0.444 e. The van der Waals surface area contributed by atoms with Gasteiger partial charge in [0.25, 0.3) is 5.69 Å². The van der Waals surface area contributed by atoms with E-state index >= 15 is 0 Å². The summed E-state index contributed by atoms with van der Waals surface area (Å²) in [5, 5.41) is 24.7. The second kappa shape index (κ2) is 20.4. The van der Waals surface area contributed by atoms with Gasteiger partial charge in [-0.15, -0.1) is 0 Å². The van der Waals surface area contributed by atoms with E-state index in [4.69, 9.17) is 15.2 Å². The summed E-state index contributed by atoms with van der Waals surface area (Å²) in [6.45, 7) is 25.3. The Morgan fingerprint density at radius 3 is 1.49 bits per heavy atom. The Labute approximate surface area is 368 Å². The van der Waals surface area contributed by atoms with Crippen molar-refractivity contribution < 1.29 is 42.1 Å². The second-order valence-electron chi connectivity index (χ2n) is 19.7. The highest BCUT2D eigenvalue weighted by Gasteiger charge is 2.44. The number of nitrogens with zero attached hydrogens (tertiary/aromatic N) is 6. The molecule has 0 radical (unpaired) electrons. The highest BCUT2D eigenvalue weighted by atomic mass is 19.1. The van der Waals surface area contributed by atoms with E-state index in [-0.39, 0.29) is 40.6 Å². The van der Waals surface area contributed by atoms with Crippen molar-refractivity contribution in [3.05, 3.63) is 73.1 Å². The maximum atomic E-state index is 13.8. The Morgan fingerprint density at radius 1 is 0.683 bits per heavy atom. The number of piperidine rings is 2. The third kappa shape index (κ3) is 14.1. The highest BCUT2D eigenvalue weighted by molar-refractivity contribution is 5.69. The fourth-order valence-corrected chi connectivity index (χ4v) is 8.31. The molecule has 19 heteroatoms. The van der Waals surface area contributed by atoms with Crippen LogP contribution in [0.2, 0.25) is 0 Å². The van der Waals surface area contributed by atoms with Gasteiger partial charge in [0.15, 0.2) is 0 Å². The van der Waals surface area contributed by atoms with Gasteiger partial charge in [-0.05, 0) is 131 Å². The number of likely N-dealkylation sites (tertiary alicyclic amines) is 4. The summed E-state index contributed by atoms with van der Waals surface area (Å²) in [6.07, 6.45) is 5.19. The molecule has 4 aliphatic rings. The molecule has 16 nitrogen and oxygen atoms in total. The quantitative estimate of drug-likeness (QED) is 0.209. The van der Waals surface area contributed by atoms with Gasteiger partial charge >= 0.3 is 17.9 Å². The Kier molecular flexibility index (Phi) is 16.5. The lowest BCUT2D eigenvalue weighted by molar-refractivity contribution is -0.387. The van der Waals surface area contributed by atoms with Crippen molar-refractivity contribution in [2.75, 3.05) is 57.7 Å². The molecule has 3 N–H and O–H groups in total. The van der Waals surface area contributed by atoms with Crippen LogP contribution in [0, 0.1) is 51.5 Å². The number of carbonyl (C=O) groups excluding carboxylic acids is 2. The number of nitrogens with two attached hydrogens (primary N) is 1. The lowest BCUT2D eigenvalue weighted by atomic mass is 9.93. The molecule has 0 aliphatic carbocycles. The molecule has 2 amide bonds. The number of nitro groups is 2. The Bertz CT molecular complexity index is 1960. The number of carbonyl (C=O) groups is 2.